The van der Waals surface area contributed by atoms with Crippen LogP contribution in [0, 0.1) is 5.92 Å². The summed E-state index contributed by atoms with van der Waals surface area (Å²) in [6.07, 6.45) is 3.91. The Labute approximate surface area is 117 Å². The van der Waals surface area contributed by atoms with Gasteiger partial charge in [-0.3, -0.25) is 4.68 Å². The molecule has 1 heterocycles. The number of aromatic nitrogens is 2. The van der Waals surface area contributed by atoms with Crippen LogP contribution in [-0.4, -0.2) is 27.0 Å². The zero-order valence-corrected chi connectivity index (χ0v) is 13.0. The maximum atomic E-state index is 10.2. The molecule has 0 aromatic carbocycles. The summed E-state index contributed by atoms with van der Waals surface area (Å²) in [5.74, 6) is 0.501. The van der Waals surface area contributed by atoms with Crippen molar-refractivity contribution >= 4 is 0 Å². The van der Waals surface area contributed by atoms with Crippen LogP contribution in [0.15, 0.2) is 12.3 Å². The molecule has 0 saturated carbocycles. The highest BCUT2D eigenvalue weighted by molar-refractivity contribution is 4.99. The summed E-state index contributed by atoms with van der Waals surface area (Å²) >= 11 is 0. The van der Waals surface area contributed by atoms with Gasteiger partial charge in [0.25, 0.3) is 0 Å². The minimum absolute atomic E-state index is 0.442. The summed E-state index contributed by atoms with van der Waals surface area (Å²) in [6, 6.07) is 2.48. The predicted molar refractivity (Wildman–Crippen MR) is 79.0 cm³/mol. The molecule has 4 nitrogen and oxygen atoms in total. The van der Waals surface area contributed by atoms with Gasteiger partial charge in [0, 0.05) is 25.3 Å². The van der Waals surface area contributed by atoms with Gasteiger partial charge < -0.3 is 10.4 Å². The molecular weight excluding hydrogens is 238 g/mol. The van der Waals surface area contributed by atoms with Crippen LogP contribution in [0.5, 0.6) is 0 Å². The van der Waals surface area contributed by atoms with Gasteiger partial charge in [0.05, 0.1) is 11.3 Å². The number of nitrogens with zero attached hydrogens (tertiary/aromatic N) is 2. The van der Waals surface area contributed by atoms with Crippen LogP contribution in [0.3, 0.4) is 0 Å². The maximum absolute atomic E-state index is 10.2. The molecule has 1 aromatic heterocycles. The van der Waals surface area contributed by atoms with Crippen LogP contribution in [-0.2, 0) is 6.54 Å². The molecule has 2 unspecified atom stereocenters. The van der Waals surface area contributed by atoms with Gasteiger partial charge in [-0.15, -0.1) is 0 Å². The predicted octanol–water partition coefficient (Wildman–Crippen LogP) is 2.74. The summed E-state index contributed by atoms with van der Waals surface area (Å²) in [6.45, 7) is 11.8. The van der Waals surface area contributed by atoms with Crippen molar-refractivity contribution in [2.24, 2.45) is 5.92 Å². The first kappa shape index (κ1) is 16.2. The third-order valence-corrected chi connectivity index (χ3v) is 3.37. The van der Waals surface area contributed by atoms with Gasteiger partial charge in [-0.1, -0.05) is 20.8 Å². The number of nitrogens with one attached hydrogen (secondary N) is 1. The number of hydrogen-bond acceptors (Lipinski definition) is 3. The molecular formula is C15H29N3O. The van der Waals surface area contributed by atoms with E-state index in [1.54, 1.807) is 0 Å². The van der Waals surface area contributed by atoms with Gasteiger partial charge in [0.15, 0.2) is 0 Å². The van der Waals surface area contributed by atoms with Crippen molar-refractivity contribution < 1.29 is 5.11 Å². The molecule has 0 amide bonds. The molecule has 110 valence electrons. The normalized spacial score (nSPS) is 16.6. The fourth-order valence-corrected chi connectivity index (χ4v) is 2.32. The molecule has 0 fully saturated rings. The Kier molecular flexibility index (Phi) is 6.01. The number of rotatable bonds is 8. The first-order valence-electron chi connectivity index (χ1n) is 7.31. The molecule has 0 saturated heterocycles. The molecule has 0 spiro atoms. The lowest BCUT2D eigenvalue weighted by atomic mass is 9.94. The lowest BCUT2D eigenvalue weighted by molar-refractivity contribution is 0.0382. The van der Waals surface area contributed by atoms with Gasteiger partial charge in [0.2, 0.25) is 0 Å². The third-order valence-electron chi connectivity index (χ3n) is 3.37. The van der Waals surface area contributed by atoms with Crippen LogP contribution in [0.4, 0.5) is 0 Å². The Balaban J connectivity index is 2.39. The van der Waals surface area contributed by atoms with E-state index in [1.807, 2.05) is 23.9 Å². The summed E-state index contributed by atoms with van der Waals surface area (Å²) in [4.78, 5) is 0. The van der Waals surface area contributed by atoms with Crippen LogP contribution >= 0.6 is 0 Å². The Hall–Kier alpha value is -0.870. The number of hydrogen-bond donors (Lipinski definition) is 2. The maximum Gasteiger partial charge on any atom is 0.0762 e. The topological polar surface area (TPSA) is 50.1 Å². The molecule has 0 aliphatic rings. The molecule has 0 radical (unpaired) electrons. The van der Waals surface area contributed by atoms with Gasteiger partial charge in [-0.25, -0.2) is 0 Å². The van der Waals surface area contributed by atoms with E-state index in [9.17, 15) is 5.11 Å². The Bertz CT molecular complexity index is 371. The molecule has 4 heteroatoms. The lowest BCUT2D eigenvalue weighted by Crippen LogP contribution is -2.38. The average Bonchev–Trinajstić information content (AvgIpc) is 2.74. The molecule has 1 rings (SSSR count). The monoisotopic (exact) mass is 267 g/mol. The average molecular weight is 267 g/mol. The third kappa shape index (κ3) is 5.74. The van der Waals surface area contributed by atoms with Crippen molar-refractivity contribution in [2.45, 2.75) is 65.6 Å². The number of aliphatic hydroxyl groups is 1. The van der Waals surface area contributed by atoms with Crippen molar-refractivity contribution in [1.29, 1.82) is 0 Å². The van der Waals surface area contributed by atoms with Gasteiger partial charge in [-0.05, 0) is 38.7 Å². The highest BCUT2D eigenvalue weighted by atomic mass is 16.3. The summed E-state index contributed by atoms with van der Waals surface area (Å²) in [7, 11) is 0. The summed E-state index contributed by atoms with van der Waals surface area (Å²) in [5.41, 5.74) is 0.383. The Morgan fingerprint density at radius 3 is 2.68 bits per heavy atom. The van der Waals surface area contributed by atoms with Crippen molar-refractivity contribution in [2.75, 3.05) is 6.54 Å². The first-order valence-corrected chi connectivity index (χ1v) is 7.31. The van der Waals surface area contributed by atoms with E-state index in [0.717, 1.165) is 18.5 Å². The van der Waals surface area contributed by atoms with Crippen LogP contribution in [0.25, 0.3) is 0 Å². The second kappa shape index (κ2) is 7.06. The van der Waals surface area contributed by atoms with E-state index in [2.05, 4.69) is 38.1 Å². The largest absolute Gasteiger partial charge is 0.389 e. The van der Waals surface area contributed by atoms with E-state index in [0.29, 0.717) is 25.0 Å². The first-order chi connectivity index (χ1) is 8.84. The van der Waals surface area contributed by atoms with E-state index >= 15 is 0 Å². The van der Waals surface area contributed by atoms with Gasteiger partial charge >= 0.3 is 0 Å². The summed E-state index contributed by atoms with van der Waals surface area (Å²) < 4.78 is 2.00. The fourth-order valence-electron chi connectivity index (χ4n) is 2.32. The highest BCUT2D eigenvalue weighted by Crippen LogP contribution is 2.15. The van der Waals surface area contributed by atoms with E-state index in [4.69, 9.17) is 0 Å². The quantitative estimate of drug-likeness (QED) is 0.761. The second-order valence-electron chi connectivity index (χ2n) is 6.24. The minimum Gasteiger partial charge on any atom is -0.389 e. The molecule has 2 N–H and O–H groups in total. The molecule has 0 aliphatic heterocycles. The van der Waals surface area contributed by atoms with E-state index < -0.39 is 5.60 Å². The minimum atomic E-state index is -0.645. The zero-order chi connectivity index (χ0) is 14.5. The Morgan fingerprint density at radius 2 is 2.11 bits per heavy atom. The molecule has 19 heavy (non-hydrogen) atoms. The van der Waals surface area contributed by atoms with Crippen LogP contribution in [0.1, 0.15) is 59.2 Å². The molecule has 0 bridgehead atoms. The van der Waals surface area contributed by atoms with E-state index in [1.165, 1.54) is 0 Å². The SMILES string of the molecule is CCC(C)n1ccc(CNCC(C)(O)CC(C)C)n1. The zero-order valence-electron chi connectivity index (χ0n) is 13.0. The van der Waals surface area contributed by atoms with Crippen molar-refractivity contribution in [1.82, 2.24) is 15.1 Å². The smallest absolute Gasteiger partial charge is 0.0762 e. The highest BCUT2D eigenvalue weighted by Gasteiger charge is 2.21. The van der Waals surface area contributed by atoms with Gasteiger partial charge in [-0.2, -0.15) is 5.10 Å². The second-order valence-corrected chi connectivity index (χ2v) is 6.24. The Morgan fingerprint density at radius 1 is 1.42 bits per heavy atom. The van der Waals surface area contributed by atoms with Gasteiger partial charge in [0.1, 0.15) is 0 Å². The van der Waals surface area contributed by atoms with Crippen molar-refractivity contribution in [3.05, 3.63) is 18.0 Å². The van der Waals surface area contributed by atoms with E-state index in [-0.39, 0.29) is 0 Å². The molecule has 1 aromatic rings. The molecule has 2 atom stereocenters. The summed E-state index contributed by atoms with van der Waals surface area (Å²) in [5, 5.41) is 18.0. The molecule has 0 aliphatic carbocycles. The fraction of sp³-hybridized carbons (Fsp3) is 0.800. The standard InChI is InChI=1S/C15H29N3O/c1-6-13(4)18-8-7-14(17-18)10-16-11-15(5,19)9-12(2)3/h7-8,12-13,16,19H,6,9-11H2,1-5H3. The van der Waals surface area contributed by atoms with Crippen molar-refractivity contribution in [3.63, 3.8) is 0 Å². The van der Waals surface area contributed by atoms with Crippen LogP contribution in [0.2, 0.25) is 0 Å². The lowest BCUT2D eigenvalue weighted by Gasteiger charge is -2.25. The van der Waals surface area contributed by atoms with Crippen LogP contribution < -0.4 is 5.32 Å². The van der Waals surface area contributed by atoms with Crippen molar-refractivity contribution in [3.8, 4) is 0 Å².